The second-order valence-corrected chi connectivity index (χ2v) is 11.0. The molecule has 0 rings (SSSR count). The Balaban J connectivity index is 3.59. The van der Waals surface area contributed by atoms with Crippen LogP contribution in [0.25, 0.3) is 0 Å². The summed E-state index contributed by atoms with van der Waals surface area (Å²) < 4.78 is 2.63. The fraction of sp³-hybridized carbons (Fsp3) is 1.00. The molecule has 0 aromatic heterocycles. The largest absolute Gasteiger partial charge is 0.0829 e. The van der Waals surface area contributed by atoms with Gasteiger partial charge in [-0.1, -0.05) is 101 Å². The summed E-state index contributed by atoms with van der Waals surface area (Å²) in [7, 11) is 0. The molecule has 0 aliphatic carbocycles. The van der Waals surface area contributed by atoms with Crippen LogP contribution in [-0.2, 0) is 0 Å². The summed E-state index contributed by atoms with van der Waals surface area (Å²) in [5.74, 6) is 0.970. The van der Waals surface area contributed by atoms with Crippen molar-refractivity contribution in [1.82, 2.24) is 0 Å². The smallest absolute Gasteiger partial charge is 0.0110 e. The Kier molecular flexibility index (Phi) is 14.5. The molecule has 0 aliphatic rings. The van der Waals surface area contributed by atoms with Gasteiger partial charge in [-0.15, -0.1) is 0 Å². The summed E-state index contributed by atoms with van der Waals surface area (Å²) in [5, 5.41) is 0. The van der Waals surface area contributed by atoms with E-state index in [1.165, 1.54) is 51.4 Å². The third-order valence-electron chi connectivity index (χ3n) is 3.71. The lowest BCUT2D eigenvalue weighted by Crippen LogP contribution is -2.07. The molecule has 0 nitrogen and oxygen atoms in total. The first-order valence-electron chi connectivity index (χ1n) is 7.41. The average Bonchev–Trinajstić information content (AvgIpc) is 2.35. The molecule has 0 bridgehead atoms. The Labute approximate surface area is 156 Å². The van der Waals surface area contributed by atoms with Crippen molar-refractivity contribution in [3.8, 4) is 0 Å². The molecule has 18 heavy (non-hydrogen) atoms. The first-order valence-corrected chi connectivity index (χ1v) is 11.1. The minimum absolute atomic E-state index is 0.838. The van der Waals surface area contributed by atoms with E-state index in [2.05, 4.69) is 88.5 Å². The van der Waals surface area contributed by atoms with E-state index in [4.69, 9.17) is 0 Å². The zero-order valence-corrected chi connectivity index (χ0v) is 18.6. The van der Waals surface area contributed by atoms with E-state index in [1.807, 2.05) is 0 Å². The van der Waals surface area contributed by atoms with Gasteiger partial charge in [-0.2, -0.15) is 0 Å². The van der Waals surface area contributed by atoms with Crippen molar-refractivity contribution in [2.75, 3.05) is 0 Å². The van der Waals surface area contributed by atoms with Crippen LogP contribution in [0.5, 0.6) is 0 Å². The summed E-state index contributed by atoms with van der Waals surface area (Å²) in [4.78, 5) is 0. The van der Waals surface area contributed by atoms with Crippen molar-refractivity contribution in [3.63, 3.8) is 0 Å². The number of alkyl halides is 3. The van der Waals surface area contributed by atoms with E-state index in [0.29, 0.717) is 0 Å². The minimum Gasteiger partial charge on any atom is -0.0829 e. The second kappa shape index (κ2) is 12.9. The van der Waals surface area contributed by atoms with Crippen LogP contribution >= 0.6 is 67.8 Å². The topological polar surface area (TPSA) is 0 Å². The van der Waals surface area contributed by atoms with Gasteiger partial charge < -0.3 is 0 Å². The molecule has 0 N–H and O–H groups in total. The Bertz CT molecular complexity index is 179. The van der Waals surface area contributed by atoms with Crippen LogP contribution in [0.3, 0.4) is 0 Å². The standard InChI is InChI=1S/C15H29I3/c1-4-13(5-2)7-9-15(18)11-10-14(17)8-6-12(3)16/h12-15H,4-11H2,1-3H3/t12-,14?,15?/m0/s1. The molecule has 0 spiro atoms. The quantitative estimate of drug-likeness (QED) is 0.177. The predicted octanol–water partition coefficient (Wildman–Crippen LogP) is 7.19. The van der Waals surface area contributed by atoms with Gasteiger partial charge in [0, 0.05) is 11.8 Å². The minimum atomic E-state index is 0.838. The molecule has 0 aliphatic heterocycles. The maximum absolute atomic E-state index is 2.68. The number of hydrogen-bond acceptors (Lipinski definition) is 0. The lowest BCUT2D eigenvalue weighted by Gasteiger charge is -2.17. The second-order valence-electron chi connectivity index (χ2n) is 5.39. The average molecular weight is 590 g/mol. The summed E-state index contributed by atoms with van der Waals surface area (Å²) in [6.45, 7) is 6.99. The molecule has 2 unspecified atom stereocenters. The van der Waals surface area contributed by atoms with E-state index < -0.39 is 0 Å². The van der Waals surface area contributed by atoms with E-state index in [-0.39, 0.29) is 0 Å². The zero-order valence-electron chi connectivity index (χ0n) is 12.1. The third-order valence-corrected chi connectivity index (χ3v) is 6.83. The normalized spacial score (nSPS) is 16.8. The van der Waals surface area contributed by atoms with Crippen molar-refractivity contribution >= 4 is 67.8 Å². The molecule has 0 fully saturated rings. The summed E-state index contributed by atoms with van der Waals surface area (Å²) in [5.41, 5.74) is 0. The molecule has 3 atom stereocenters. The first kappa shape index (κ1) is 20.2. The van der Waals surface area contributed by atoms with Gasteiger partial charge in [0.15, 0.2) is 0 Å². The number of hydrogen-bond donors (Lipinski definition) is 0. The van der Waals surface area contributed by atoms with Gasteiger partial charge in [-0.3, -0.25) is 0 Å². The molecule has 0 aromatic carbocycles. The van der Waals surface area contributed by atoms with Gasteiger partial charge in [-0.25, -0.2) is 0 Å². The van der Waals surface area contributed by atoms with Gasteiger partial charge in [-0.05, 0) is 44.4 Å². The maximum Gasteiger partial charge on any atom is 0.0110 e. The van der Waals surface area contributed by atoms with Crippen LogP contribution in [0.15, 0.2) is 0 Å². The maximum atomic E-state index is 2.68. The predicted molar refractivity (Wildman–Crippen MR) is 111 cm³/mol. The highest BCUT2D eigenvalue weighted by Gasteiger charge is 2.12. The molecule has 0 saturated carbocycles. The van der Waals surface area contributed by atoms with Crippen molar-refractivity contribution in [2.45, 2.75) is 83.9 Å². The van der Waals surface area contributed by atoms with Gasteiger partial charge in [0.2, 0.25) is 0 Å². The monoisotopic (exact) mass is 590 g/mol. The number of rotatable bonds is 11. The molecule has 0 amide bonds. The highest BCUT2D eigenvalue weighted by Crippen LogP contribution is 2.25. The Morgan fingerprint density at radius 3 is 1.44 bits per heavy atom. The van der Waals surface area contributed by atoms with Crippen LogP contribution in [0.1, 0.15) is 72.1 Å². The molecular weight excluding hydrogens is 561 g/mol. The molecule has 110 valence electrons. The molecule has 0 saturated heterocycles. The van der Waals surface area contributed by atoms with E-state index in [9.17, 15) is 0 Å². The third kappa shape index (κ3) is 12.0. The highest BCUT2D eigenvalue weighted by molar-refractivity contribution is 14.1. The van der Waals surface area contributed by atoms with Gasteiger partial charge >= 0.3 is 0 Å². The van der Waals surface area contributed by atoms with Crippen molar-refractivity contribution in [1.29, 1.82) is 0 Å². The summed E-state index contributed by atoms with van der Waals surface area (Å²) >= 11 is 7.88. The van der Waals surface area contributed by atoms with Crippen LogP contribution < -0.4 is 0 Å². The lowest BCUT2D eigenvalue weighted by atomic mass is 9.95. The van der Waals surface area contributed by atoms with Gasteiger partial charge in [0.1, 0.15) is 0 Å². The van der Waals surface area contributed by atoms with E-state index in [1.54, 1.807) is 0 Å². The van der Waals surface area contributed by atoms with Crippen LogP contribution in [0.4, 0.5) is 0 Å². The Hall–Kier alpha value is 2.19. The first-order chi connectivity index (χ1) is 8.49. The molecule has 0 radical (unpaired) electrons. The van der Waals surface area contributed by atoms with Gasteiger partial charge in [0.25, 0.3) is 0 Å². The van der Waals surface area contributed by atoms with Crippen molar-refractivity contribution in [2.24, 2.45) is 5.92 Å². The molecule has 3 heteroatoms. The van der Waals surface area contributed by atoms with Crippen molar-refractivity contribution in [3.05, 3.63) is 0 Å². The molecular formula is C15H29I3. The van der Waals surface area contributed by atoms with E-state index in [0.717, 1.165) is 17.7 Å². The fourth-order valence-corrected chi connectivity index (χ4v) is 3.97. The lowest BCUT2D eigenvalue weighted by molar-refractivity contribution is 0.435. The fourth-order valence-electron chi connectivity index (χ4n) is 2.17. The van der Waals surface area contributed by atoms with Crippen molar-refractivity contribution < 1.29 is 0 Å². The summed E-state index contributed by atoms with van der Waals surface area (Å²) in [6.07, 6.45) is 11.2. The van der Waals surface area contributed by atoms with Crippen LogP contribution in [0, 0.1) is 5.92 Å². The number of halogens is 3. The Morgan fingerprint density at radius 1 is 0.667 bits per heavy atom. The molecule has 0 aromatic rings. The van der Waals surface area contributed by atoms with Crippen LogP contribution in [0.2, 0.25) is 0 Å². The van der Waals surface area contributed by atoms with Gasteiger partial charge in [0.05, 0.1) is 0 Å². The van der Waals surface area contributed by atoms with Crippen LogP contribution in [-0.4, -0.2) is 11.8 Å². The summed E-state index contributed by atoms with van der Waals surface area (Å²) in [6, 6.07) is 0. The van der Waals surface area contributed by atoms with E-state index >= 15 is 0 Å². The molecule has 0 heterocycles. The highest BCUT2D eigenvalue weighted by atomic mass is 127. The Morgan fingerprint density at radius 2 is 1.06 bits per heavy atom. The zero-order chi connectivity index (χ0) is 14.0. The SMILES string of the molecule is CCC(CC)CCC(I)CCC(I)CC[C@H](C)I.